The van der Waals surface area contributed by atoms with Gasteiger partial charge in [0.1, 0.15) is 5.75 Å². The van der Waals surface area contributed by atoms with E-state index in [9.17, 15) is 0 Å². The third-order valence-corrected chi connectivity index (χ3v) is 5.10. The Labute approximate surface area is 187 Å². The minimum absolute atomic E-state index is 0.522. The van der Waals surface area contributed by atoms with E-state index >= 15 is 0 Å². The standard InChI is InChI=1S/C26H24N2O4/c1-29-20-12-10-18(11-13-20)22-16-21(17-8-6-5-7-9-17)27-26(28-22)19-14-23(30-2)25(32-4)24(15-19)31-3/h5-16H,1-4H3. The molecule has 0 aliphatic heterocycles. The second-order valence-electron chi connectivity index (χ2n) is 6.97. The molecule has 3 aromatic carbocycles. The van der Waals surface area contributed by atoms with Gasteiger partial charge in [-0.05, 0) is 42.5 Å². The molecular weight excluding hydrogens is 404 g/mol. The number of nitrogens with zero attached hydrogens (tertiary/aromatic N) is 2. The van der Waals surface area contributed by atoms with Crippen LogP contribution in [0.15, 0.2) is 72.8 Å². The molecule has 0 bridgehead atoms. The van der Waals surface area contributed by atoms with Crippen molar-refractivity contribution in [1.82, 2.24) is 9.97 Å². The highest BCUT2D eigenvalue weighted by Crippen LogP contribution is 2.41. The molecule has 0 spiro atoms. The topological polar surface area (TPSA) is 62.7 Å². The Balaban J connectivity index is 1.92. The summed E-state index contributed by atoms with van der Waals surface area (Å²) >= 11 is 0. The summed E-state index contributed by atoms with van der Waals surface area (Å²) < 4.78 is 21.8. The Kier molecular flexibility index (Phi) is 6.22. The summed E-state index contributed by atoms with van der Waals surface area (Å²) in [5.74, 6) is 2.95. The Morgan fingerprint density at radius 2 is 1.09 bits per heavy atom. The lowest BCUT2D eigenvalue weighted by Crippen LogP contribution is -1.99. The summed E-state index contributed by atoms with van der Waals surface area (Å²) in [6, 6.07) is 23.5. The van der Waals surface area contributed by atoms with Gasteiger partial charge in [0, 0.05) is 16.7 Å². The highest BCUT2D eigenvalue weighted by Gasteiger charge is 2.17. The monoisotopic (exact) mass is 428 g/mol. The van der Waals surface area contributed by atoms with Crippen molar-refractivity contribution in [2.45, 2.75) is 0 Å². The van der Waals surface area contributed by atoms with Crippen LogP contribution in [0, 0.1) is 0 Å². The predicted molar refractivity (Wildman–Crippen MR) is 125 cm³/mol. The molecule has 4 aromatic rings. The van der Waals surface area contributed by atoms with Gasteiger partial charge in [-0.15, -0.1) is 0 Å². The first kappa shape index (κ1) is 21.2. The SMILES string of the molecule is COc1ccc(-c2cc(-c3ccccc3)nc(-c3cc(OC)c(OC)c(OC)c3)n2)cc1. The first-order valence-corrected chi connectivity index (χ1v) is 10.1. The maximum absolute atomic E-state index is 5.52. The number of rotatable bonds is 7. The van der Waals surface area contributed by atoms with Crippen molar-refractivity contribution in [2.24, 2.45) is 0 Å². The minimum Gasteiger partial charge on any atom is -0.497 e. The molecular formula is C26H24N2O4. The molecule has 1 aromatic heterocycles. The Morgan fingerprint density at radius 1 is 0.531 bits per heavy atom. The van der Waals surface area contributed by atoms with Crippen LogP contribution in [0.1, 0.15) is 0 Å². The van der Waals surface area contributed by atoms with E-state index in [0.29, 0.717) is 23.1 Å². The van der Waals surface area contributed by atoms with Crippen LogP contribution in [0.2, 0.25) is 0 Å². The molecule has 0 fully saturated rings. The molecule has 32 heavy (non-hydrogen) atoms. The van der Waals surface area contributed by atoms with Crippen molar-refractivity contribution in [3.8, 4) is 56.9 Å². The van der Waals surface area contributed by atoms with Gasteiger partial charge in [0.05, 0.1) is 39.8 Å². The molecule has 162 valence electrons. The second-order valence-corrected chi connectivity index (χ2v) is 6.97. The van der Waals surface area contributed by atoms with Gasteiger partial charge in [-0.25, -0.2) is 9.97 Å². The average Bonchev–Trinajstić information content (AvgIpc) is 2.88. The maximum atomic E-state index is 5.52. The molecule has 0 N–H and O–H groups in total. The van der Waals surface area contributed by atoms with Crippen molar-refractivity contribution >= 4 is 0 Å². The molecule has 0 aliphatic carbocycles. The Bertz CT molecular complexity index is 1180. The van der Waals surface area contributed by atoms with Crippen LogP contribution in [0.4, 0.5) is 0 Å². The van der Waals surface area contributed by atoms with Gasteiger partial charge in [0.2, 0.25) is 5.75 Å². The minimum atomic E-state index is 0.522. The number of methoxy groups -OCH3 is 4. The lowest BCUT2D eigenvalue weighted by Gasteiger charge is -2.15. The van der Waals surface area contributed by atoms with Gasteiger partial charge in [0.25, 0.3) is 0 Å². The second kappa shape index (κ2) is 9.39. The van der Waals surface area contributed by atoms with Crippen molar-refractivity contribution in [2.75, 3.05) is 28.4 Å². The van der Waals surface area contributed by atoms with E-state index in [1.165, 1.54) is 0 Å². The van der Waals surface area contributed by atoms with E-state index in [1.807, 2.05) is 72.8 Å². The van der Waals surface area contributed by atoms with E-state index in [4.69, 9.17) is 28.9 Å². The molecule has 0 amide bonds. The summed E-state index contributed by atoms with van der Waals surface area (Å²) in [7, 11) is 6.40. The van der Waals surface area contributed by atoms with E-state index < -0.39 is 0 Å². The Morgan fingerprint density at radius 3 is 1.59 bits per heavy atom. The zero-order valence-electron chi connectivity index (χ0n) is 18.5. The van der Waals surface area contributed by atoms with Gasteiger partial charge >= 0.3 is 0 Å². The summed E-state index contributed by atoms with van der Waals surface area (Å²) in [4.78, 5) is 9.71. The fourth-order valence-electron chi connectivity index (χ4n) is 3.45. The van der Waals surface area contributed by atoms with Crippen LogP contribution in [0.25, 0.3) is 33.9 Å². The smallest absolute Gasteiger partial charge is 0.203 e. The zero-order valence-corrected chi connectivity index (χ0v) is 18.5. The molecule has 0 unspecified atom stereocenters. The van der Waals surface area contributed by atoms with Crippen LogP contribution in [-0.2, 0) is 0 Å². The lowest BCUT2D eigenvalue weighted by molar-refractivity contribution is 0.324. The van der Waals surface area contributed by atoms with Crippen LogP contribution >= 0.6 is 0 Å². The van der Waals surface area contributed by atoms with E-state index in [-0.39, 0.29) is 0 Å². The lowest BCUT2D eigenvalue weighted by atomic mass is 10.1. The highest BCUT2D eigenvalue weighted by molar-refractivity contribution is 5.74. The zero-order chi connectivity index (χ0) is 22.5. The quantitative estimate of drug-likeness (QED) is 0.387. The van der Waals surface area contributed by atoms with Crippen LogP contribution in [-0.4, -0.2) is 38.4 Å². The van der Waals surface area contributed by atoms with Gasteiger partial charge in [-0.1, -0.05) is 30.3 Å². The largest absolute Gasteiger partial charge is 0.497 e. The van der Waals surface area contributed by atoms with Crippen molar-refractivity contribution in [3.05, 3.63) is 72.8 Å². The molecule has 0 saturated carbocycles. The van der Waals surface area contributed by atoms with Gasteiger partial charge in [0.15, 0.2) is 17.3 Å². The number of benzene rings is 3. The average molecular weight is 428 g/mol. The number of ether oxygens (including phenoxy) is 4. The van der Waals surface area contributed by atoms with Crippen molar-refractivity contribution in [1.29, 1.82) is 0 Å². The van der Waals surface area contributed by atoms with Crippen LogP contribution < -0.4 is 18.9 Å². The number of hydrogen-bond donors (Lipinski definition) is 0. The summed E-state index contributed by atoms with van der Waals surface area (Å²) in [6.45, 7) is 0. The van der Waals surface area contributed by atoms with Gasteiger partial charge in [-0.3, -0.25) is 0 Å². The van der Waals surface area contributed by atoms with E-state index in [0.717, 1.165) is 33.8 Å². The summed E-state index contributed by atoms with van der Waals surface area (Å²) in [5.41, 5.74) is 4.32. The number of hydrogen-bond acceptors (Lipinski definition) is 6. The van der Waals surface area contributed by atoms with E-state index in [2.05, 4.69) is 0 Å². The highest BCUT2D eigenvalue weighted by atomic mass is 16.5. The normalized spacial score (nSPS) is 10.5. The first-order valence-electron chi connectivity index (χ1n) is 10.1. The summed E-state index contributed by atoms with van der Waals surface area (Å²) in [5, 5.41) is 0. The van der Waals surface area contributed by atoms with Gasteiger partial charge in [-0.2, -0.15) is 0 Å². The van der Waals surface area contributed by atoms with Crippen LogP contribution in [0.3, 0.4) is 0 Å². The Hall–Kier alpha value is -4.06. The number of aromatic nitrogens is 2. The first-order chi connectivity index (χ1) is 15.7. The third kappa shape index (κ3) is 4.21. The van der Waals surface area contributed by atoms with Crippen LogP contribution in [0.5, 0.6) is 23.0 Å². The molecule has 6 heteroatoms. The van der Waals surface area contributed by atoms with Gasteiger partial charge < -0.3 is 18.9 Å². The molecule has 0 aliphatic rings. The maximum Gasteiger partial charge on any atom is 0.203 e. The fourth-order valence-corrected chi connectivity index (χ4v) is 3.45. The third-order valence-electron chi connectivity index (χ3n) is 5.10. The molecule has 4 rings (SSSR count). The van der Waals surface area contributed by atoms with E-state index in [1.54, 1.807) is 28.4 Å². The molecule has 6 nitrogen and oxygen atoms in total. The summed E-state index contributed by atoms with van der Waals surface area (Å²) in [6.07, 6.45) is 0. The molecule has 0 radical (unpaired) electrons. The van der Waals surface area contributed by atoms with Crippen molar-refractivity contribution in [3.63, 3.8) is 0 Å². The van der Waals surface area contributed by atoms with Crippen molar-refractivity contribution < 1.29 is 18.9 Å². The predicted octanol–water partition coefficient (Wildman–Crippen LogP) is 5.51. The molecule has 1 heterocycles. The fraction of sp³-hybridized carbons (Fsp3) is 0.154. The molecule has 0 saturated heterocycles. The molecule has 0 atom stereocenters.